The van der Waals surface area contributed by atoms with E-state index in [1.165, 1.54) is 0 Å². The fraction of sp³-hybridized carbons (Fsp3) is 0.467. The van der Waals surface area contributed by atoms with E-state index in [0.29, 0.717) is 50.0 Å². The van der Waals surface area contributed by atoms with E-state index in [1.807, 2.05) is 96.1 Å². The number of benzene rings is 3. The van der Waals surface area contributed by atoms with Crippen molar-refractivity contribution < 1.29 is 33.4 Å². The highest BCUT2D eigenvalue weighted by molar-refractivity contribution is 5.98. The molecule has 1 fully saturated rings. The molecule has 4 aromatic rings. The van der Waals surface area contributed by atoms with Crippen molar-refractivity contribution in [2.45, 2.75) is 104 Å². The van der Waals surface area contributed by atoms with Crippen molar-refractivity contribution in [3.63, 3.8) is 0 Å². The lowest BCUT2D eigenvalue weighted by atomic mass is 9.77. The van der Waals surface area contributed by atoms with Crippen LogP contribution in [0.2, 0.25) is 0 Å². The molecule has 3 aromatic carbocycles. The number of carbonyl (C=O) groups excluding carboxylic acids is 5. The highest BCUT2D eigenvalue weighted by Gasteiger charge is 2.31. The largest absolute Gasteiger partial charge is 0.460 e. The lowest BCUT2D eigenvalue weighted by Gasteiger charge is -2.29. The third-order valence-corrected chi connectivity index (χ3v) is 9.92. The number of hydrogen-bond donors (Lipinski definition) is 4. The number of aromatic amines is 1. The molecule has 5 rings (SSSR count). The molecular weight excluding hydrogens is 723 g/mol. The number of anilines is 1. The van der Waals surface area contributed by atoms with E-state index in [2.05, 4.69) is 26.1 Å². The predicted molar refractivity (Wildman–Crippen MR) is 221 cm³/mol. The minimum Gasteiger partial charge on any atom is -0.460 e. The van der Waals surface area contributed by atoms with Crippen molar-refractivity contribution in [2.75, 3.05) is 18.4 Å². The first-order valence-electron chi connectivity index (χ1n) is 19.9. The Kier molecular flexibility index (Phi) is 14.3. The van der Waals surface area contributed by atoms with Gasteiger partial charge in [-0.2, -0.15) is 5.10 Å². The number of ketones is 1. The quantitative estimate of drug-likeness (QED) is 0.0692. The first kappa shape index (κ1) is 42.6. The maximum Gasteiger partial charge on any atom is 0.407 e. The van der Waals surface area contributed by atoms with E-state index in [1.54, 1.807) is 18.3 Å². The maximum absolute atomic E-state index is 13.9. The van der Waals surface area contributed by atoms with Crippen molar-refractivity contribution in [1.29, 1.82) is 0 Å². The number of aromatic nitrogens is 2. The zero-order chi connectivity index (χ0) is 41.2. The van der Waals surface area contributed by atoms with E-state index in [9.17, 15) is 24.0 Å². The number of nitrogens with zero attached hydrogens (tertiary/aromatic N) is 1. The lowest BCUT2D eigenvalue weighted by Crippen LogP contribution is -2.37. The minimum absolute atomic E-state index is 0.0765. The average molecular weight is 780 g/mol. The summed E-state index contributed by atoms with van der Waals surface area (Å²) in [7, 11) is 0. The Balaban J connectivity index is 1.21. The highest BCUT2D eigenvalue weighted by atomic mass is 16.6. The zero-order valence-electron chi connectivity index (χ0n) is 34.0. The maximum atomic E-state index is 13.9. The molecule has 3 amide bonds. The molecule has 4 N–H and O–H groups in total. The number of carbonyl (C=O) groups is 5. The van der Waals surface area contributed by atoms with Gasteiger partial charge in [-0.15, -0.1) is 0 Å². The summed E-state index contributed by atoms with van der Waals surface area (Å²) in [5, 5.41) is 16.7. The first-order valence-corrected chi connectivity index (χ1v) is 19.9. The lowest BCUT2D eigenvalue weighted by molar-refractivity contribution is -0.154. The monoisotopic (exact) mass is 779 g/mol. The van der Waals surface area contributed by atoms with Crippen molar-refractivity contribution in [1.82, 2.24) is 20.8 Å². The van der Waals surface area contributed by atoms with Crippen molar-refractivity contribution in [2.24, 2.45) is 17.8 Å². The van der Waals surface area contributed by atoms with Crippen molar-refractivity contribution in [3.05, 3.63) is 84.1 Å². The summed E-state index contributed by atoms with van der Waals surface area (Å²) in [6, 6.07) is 20.7. The fourth-order valence-corrected chi connectivity index (χ4v) is 7.06. The van der Waals surface area contributed by atoms with Crippen LogP contribution in [0.5, 0.6) is 0 Å². The Hall–Kier alpha value is -5.52. The van der Waals surface area contributed by atoms with Gasteiger partial charge in [0.05, 0.1) is 11.7 Å². The molecule has 0 saturated heterocycles. The van der Waals surface area contributed by atoms with Gasteiger partial charge in [-0.3, -0.25) is 24.3 Å². The van der Waals surface area contributed by atoms with Gasteiger partial charge in [-0.05, 0) is 133 Å². The minimum atomic E-state index is -0.613. The number of esters is 1. The normalized spacial score (nSPS) is 16.3. The molecule has 0 aliphatic heterocycles. The van der Waals surface area contributed by atoms with E-state index < -0.39 is 23.2 Å². The molecule has 1 atom stereocenters. The Morgan fingerprint density at radius 1 is 0.825 bits per heavy atom. The van der Waals surface area contributed by atoms with Crippen LogP contribution in [0.4, 0.5) is 10.5 Å². The van der Waals surface area contributed by atoms with E-state index in [0.717, 1.165) is 40.4 Å². The Morgan fingerprint density at radius 3 is 2.25 bits per heavy atom. The van der Waals surface area contributed by atoms with Crippen molar-refractivity contribution >= 4 is 46.3 Å². The van der Waals surface area contributed by atoms with Crippen LogP contribution in [0.15, 0.2) is 72.9 Å². The number of fused-ring (bicyclic) bond motifs is 1. The summed E-state index contributed by atoms with van der Waals surface area (Å²) in [6.07, 6.45) is 5.49. The Morgan fingerprint density at radius 2 is 1.54 bits per heavy atom. The molecule has 0 spiro atoms. The van der Waals surface area contributed by atoms with Crippen LogP contribution >= 0.6 is 0 Å². The second-order valence-corrected chi connectivity index (χ2v) is 17.1. The average Bonchev–Trinajstić information content (AvgIpc) is 3.62. The molecule has 1 aliphatic carbocycles. The molecule has 1 aliphatic rings. The number of alkyl carbamates (subject to hydrolysis) is 1. The molecule has 1 aromatic heterocycles. The van der Waals surface area contributed by atoms with Crippen molar-refractivity contribution in [3.8, 4) is 11.1 Å². The van der Waals surface area contributed by atoms with Crippen LogP contribution in [0.25, 0.3) is 22.0 Å². The van der Waals surface area contributed by atoms with Crippen LogP contribution in [0.1, 0.15) is 102 Å². The van der Waals surface area contributed by atoms with Crippen LogP contribution in [-0.2, 0) is 30.3 Å². The van der Waals surface area contributed by atoms with Gasteiger partial charge < -0.3 is 25.4 Å². The second kappa shape index (κ2) is 19.1. The third-order valence-electron chi connectivity index (χ3n) is 9.92. The first-order chi connectivity index (χ1) is 27.0. The van der Waals surface area contributed by atoms with Crippen LogP contribution in [0.3, 0.4) is 0 Å². The van der Waals surface area contributed by atoms with Gasteiger partial charge in [0.25, 0.3) is 5.91 Å². The number of amides is 3. The molecule has 304 valence electrons. The van der Waals surface area contributed by atoms with Crippen LogP contribution in [-0.4, -0.2) is 64.1 Å². The van der Waals surface area contributed by atoms with Gasteiger partial charge >= 0.3 is 12.1 Å². The Bertz CT molecular complexity index is 2020. The summed E-state index contributed by atoms with van der Waals surface area (Å²) in [5.41, 5.74) is 3.55. The number of ether oxygens (including phenoxy) is 2. The molecule has 0 unspecified atom stereocenters. The standard InChI is InChI=1S/C45H57N5O7/c1-44(2,3)56-40(52)11-8-22-46-41(53)33-18-16-31(17-19-33)34-10-7-9-30(23-34)24-36(42(54)49-37-21-20-35-28-48-50-38(35)26-37)25-39(51)32-14-12-29(13-15-32)27-47-43(55)57-45(4,5)6/h7,9-10,16-21,23,26,28-29,32,36H,8,11-15,22,24-25,27H2,1-6H3,(H,46,53)(H,47,55)(H,48,50)(H,49,54)/t29?,32?,36-/m1/s1. The summed E-state index contributed by atoms with van der Waals surface area (Å²) in [6.45, 7) is 11.8. The smallest absolute Gasteiger partial charge is 0.407 e. The number of hydrogen-bond acceptors (Lipinski definition) is 8. The molecule has 0 radical (unpaired) electrons. The molecule has 1 saturated carbocycles. The molecule has 1 heterocycles. The van der Waals surface area contributed by atoms with Gasteiger partial charge in [0, 0.05) is 54.4 Å². The molecule has 57 heavy (non-hydrogen) atoms. The van der Waals surface area contributed by atoms with E-state index >= 15 is 0 Å². The van der Waals surface area contributed by atoms with Crippen LogP contribution < -0.4 is 16.0 Å². The SMILES string of the molecule is CC(C)(C)OC(=O)CCCNC(=O)c1ccc(-c2cccc(C[C@H](CC(=O)C3CCC(CNC(=O)OC(C)(C)C)CC3)C(=O)Nc3ccc4cn[nH]c4c3)c2)cc1. The predicted octanol–water partition coefficient (Wildman–Crippen LogP) is 8.17. The summed E-state index contributed by atoms with van der Waals surface area (Å²) in [4.78, 5) is 64.7. The highest BCUT2D eigenvalue weighted by Crippen LogP contribution is 2.32. The topological polar surface area (TPSA) is 169 Å². The fourth-order valence-electron chi connectivity index (χ4n) is 7.06. The van der Waals surface area contributed by atoms with Gasteiger partial charge in [0.1, 0.15) is 17.0 Å². The molecule has 12 heteroatoms. The Labute approximate surface area is 335 Å². The summed E-state index contributed by atoms with van der Waals surface area (Å²) >= 11 is 0. The van der Waals surface area contributed by atoms with E-state index in [-0.39, 0.29) is 48.2 Å². The van der Waals surface area contributed by atoms with Gasteiger partial charge in [-0.1, -0.05) is 36.4 Å². The van der Waals surface area contributed by atoms with Gasteiger partial charge in [-0.25, -0.2) is 4.79 Å². The number of rotatable bonds is 15. The number of H-pyrrole nitrogens is 1. The third kappa shape index (κ3) is 13.6. The molecular formula is C45H57N5O7. The molecule has 12 nitrogen and oxygen atoms in total. The zero-order valence-corrected chi connectivity index (χ0v) is 34.0. The second-order valence-electron chi connectivity index (χ2n) is 17.1. The van der Waals surface area contributed by atoms with Gasteiger partial charge in [0.15, 0.2) is 0 Å². The van der Waals surface area contributed by atoms with Crippen LogP contribution in [0, 0.1) is 17.8 Å². The van der Waals surface area contributed by atoms with Gasteiger partial charge in [0.2, 0.25) is 5.91 Å². The molecule has 0 bridgehead atoms. The number of nitrogens with one attached hydrogen (secondary N) is 4. The number of Topliss-reactive ketones (excluding diaryl/α,β-unsaturated/α-hetero) is 1. The van der Waals surface area contributed by atoms with E-state index in [4.69, 9.17) is 9.47 Å². The summed E-state index contributed by atoms with van der Waals surface area (Å²) < 4.78 is 10.7. The summed E-state index contributed by atoms with van der Waals surface area (Å²) in [5.74, 6) is -1.17.